The summed E-state index contributed by atoms with van der Waals surface area (Å²) in [6.45, 7) is 18.5. The maximum atomic E-state index is 6.62. The standard InChI is InChI=1S/C72H142O7/c1-7-13-19-43-53-63-73-69(74-64-54-44-20-14-8-2)59-49-39-35-31-27-25-29-33-37-41-51-61-71(77-67-57-47-23-17-11-5)79-72(78-68-58-48-24-18-12-6)62-52-42-38-34-30-26-28-32-36-40-50-60-70(75-65-55-45-21-15-9-3)76-66-56-46-22-16-10-4/h51-52,61-62,69-72H,7-50,53-60,63-68H2,1-6H3. The molecular formula is C72H142O7. The highest BCUT2D eigenvalue weighted by Gasteiger charge is 2.15. The minimum Gasteiger partial charge on any atom is -0.353 e. The van der Waals surface area contributed by atoms with Crippen molar-refractivity contribution in [2.45, 2.75) is 401 Å². The van der Waals surface area contributed by atoms with Crippen molar-refractivity contribution in [1.29, 1.82) is 0 Å². The second-order valence-electron chi connectivity index (χ2n) is 23.8. The van der Waals surface area contributed by atoms with Crippen LogP contribution in [0, 0.1) is 0 Å². The molecule has 0 aliphatic rings. The van der Waals surface area contributed by atoms with Crippen molar-refractivity contribution in [3.8, 4) is 0 Å². The van der Waals surface area contributed by atoms with Gasteiger partial charge in [-0.2, -0.15) is 0 Å². The Labute approximate surface area is 495 Å². The molecule has 79 heavy (non-hydrogen) atoms. The quantitative estimate of drug-likeness (QED) is 0.0342. The van der Waals surface area contributed by atoms with Crippen LogP contribution in [-0.2, 0) is 33.2 Å². The number of allylic oxidation sites excluding steroid dienone is 2. The smallest absolute Gasteiger partial charge is 0.180 e. The molecule has 0 amide bonds. The molecule has 0 heterocycles. The highest BCUT2D eigenvalue weighted by atomic mass is 16.8. The third-order valence-electron chi connectivity index (χ3n) is 15.7. The zero-order chi connectivity index (χ0) is 57.1. The molecule has 0 saturated carbocycles. The average Bonchev–Trinajstić information content (AvgIpc) is 3.45. The Morgan fingerprint density at radius 2 is 0.418 bits per heavy atom. The largest absolute Gasteiger partial charge is 0.353 e. The second kappa shape index (κ2) is 69.7. The highest BCUT2D eigenvalue weighted by Crippen LogP contribution is 2.19. The summed E-state index contributed by atoms with van der Waals surface area (Å²) in [5.41, 5.74) is 0. The average molecular weight is 1120 g/mol. The maximum Gasteiger partial charge on any atom is 0.180 e. The van der Waals surface area contributed by atoms with Crippen LogP contribution in [0.5, 0.6) is 0 Å². The summed E-state index contributed by atoms with van der Waals surface area (Å²) in [6.07, 6.45) is 73.8. The van der Waals surface area contributed by atoms with E-state index in [4.69, 9.17) is 33.2 Å². The van der Waals surface area contributed by atoms with E-state index in [2.05, 4.69) is 65.8 Å². The number of hydrogen-bond acceptors (Lipinski definition) is 7. The fourth-order valence-corrected chi connectivity index (χ4v) is 10.4. The summed E-state index contributed by atoms with van der Waals surface area (Å²) in [5, 5.41) is 0. The number of ether oxygens (including phenoxy) is 7. The van der Waals surface area contributed by atoms with Crippen LogP contribution in [0.3, 0.4) is 0 Å². The van der Waals surface area contributed by atoms with Crippen LogP contribution in [-0.4, -0.2) is 64.8 Å². The molecule has 7 heteroatoms. The van der Waals surface area contributed by atoms with E-state index in [0.29, 0.717) is 0 Å². The van der Waals surface area contributed by atoms with Crippen molar-refractivity contribution in [2.24, 2.45) is 0 Å². The van der Waals surface area contributed by atoms with E-state index in [1.807, 2.05) is 0 Å². The number of unbranched alkanes of at least 4 members (excludes halogenated alkanes) is 42. The first-order valence-electron chi connectivity index (χ1n) is 35.8. The van der Waals surface area contributed by atoms with E-state index in [1.165, 1.54) is 295 Å². The first-order chi connectivity index (χ1) is 39.1. The van der Waals surface area contributed by atoms with Crippen LogP contribution in [0.2, 0.25) is 0 Å². The Morgan fingerprint density at radius 3 is 0.671 bits per heavy atom. The third kappa shape index (κ3) is 63.1. The lowest BCUT2D eigenvalue weighted by atomic mass is 10.1. The predicted octanol–water partition coefficient (Wildman–Crippen LogP) is 23.9. The molecule has 0 N–H and O–H groups in total. The van der Waals surface area contributed by atoms with Gasteiger partial charge >= 0.3 is 0 Å². The van der Waals surface area contributed by atoms with Gasteiger partial charge in [0, 0.05) is 26.4 Å². The summed E-state index contributed by atoms with van der Waals surface area (Å²) >= 11 is 0. The van der Waals surface area contributed by atoms with Gasteiger partial charge in [0.25, 0.3) is 0 Å². The molecule has 0 radical (unpaired) electrons. The van der Waals surface area contributed by atoms with Gasteiger partial charge in [-0.1, -0.05) is 298 Å². The fraction of sp³-hybridized carbons (Fsp3) is 0.944. The normalized spacial score (nSPS) is 13.0. The maximum absolute atomic E-state index is 6.62. The van der Waals surface area contributed by atoms with Crippen molar-refractivity contribution in [3.05, 3.63) is 24.3 Å². The van der Waals surface area contributed by atoms with Crippen LogP contribution in [0.15, 0.2) is 24.3 Å². The van der Waals surface area contributed by atoms with Gasteiger partial charge in [0.1, 0.15) is 0 Å². The van der Waals surface area contributed by atoms with Gasteiger partial charge in [-0.15, -0.1) is 0 Å². The minimum atomic E-state index is -0.376. The van der Waals surface area contributed by atoms with E-state index < -0.39 is 0 Å². The van der Waals surface area contributed by atoms with Crippen LogP contribution in [0.25, 0.3) is 0 Å². The topological polar surface area (TPSA) is 64.6 Å². The van der Waals surface area contributed by atoms with Gasteiger partial charge in [-0.05, 0) is 102 Å². The molecule has 2 unspecified atom stereocenters. The molecular weight excluding hydrogens is 977 g/mol. The molecule has 0 spiro atoms. The van der Waals surface area contributed by atoms with Crippen molar-refractivity contribution in [2.75, 3.05) is 39.6 Å². The molecule has 2 atom stereocenters. The molecule has 7 nitrogen and oxygen atoms in total. The molecule has 0 aromatic carbocycles. The molecule has 0 fully saturated rings. The Morgan fingerprint density at radius 1 is 0.215 bits per heavy atom. The Bertz CT molecular complexity index is 1030. The fourth-order valence-electron chi connectivity index (χ4n) is 10.4. The van der Waals surface area contributed by atoms with Crippen LogP contribution >= 0.6 is 0 Å². The summed E-state index contributed by atoms with van der Waals surface area (Å²) in [6, 6.07) is 0. The first kappa shape index (κ1) is 78.2. The zero-order valence-electron chi connectivity index (χ0n) is 54.5. The van der Waals surface area contributed by atoms with E-state index in [1.54, 1.807) is 0 Å². The summed E-state index contributed by atoms with van der Waals surface area (Å²) in [5.74, 6) is 0. The molecule has 0 saturated heterocycles. The van der Waals surface area contributed by atoms with Gasteiger partial charge in [0.15, 0.2) is 25.2 Å². The van der Waals surface area contributed by atoms with Gasteiger partial charge in [0.2, 0.25) is 0 Å². The van der Waals surface area contributed by atoms with Crippen molar-refractivity contribution in [3.63, 3.8) is 0 Å². The van der Waals surface area contributed by atoms with E-state index >= 15 is 0 Å². The van der Waals surface area contributed by atoms with Crippen molar-refractivity contribution in [1.82, 2.24) is 0 Å². The predicted molar refractivity (Wildman–Crippen MR) is 344 cm³/mol. The molecule has 0 aromatic heterocycles. The molecule has 0 aliphatic carbocycles. The van der Waals surface area contributed by atoms with E-state index in [9.17, 15) is 0 Å². The zero-order valence-corrected chi connectivity index (χ0v) is 54.5. The minimum absolute atomic E-state index is 0.00497. The first-order valence-corrected chi connectivity index (χ1v) is 35.8. The van der Waals surface area contributed by atoms with Crippen LogP contribution < -0.4 is 0 Å². The molecule has 472 valence electrons. The number of rotatable bonds is 70. The SMILES string of the molecule is CCCCCCCOC(C=CCCCCCCCCCCCC(OCCCCCCC)OCCCCCCC)OC(C=CCCCCCCCCCCCC(OCCCCCCC)OCCCCCCC)OCCCCCCC. The van der Waals surface area contributed by atoms with Crippen molar-refractivity contribution < 1.29 is 33.2 Å². The molecule has 0 bridgehead atoms. The summed E-state index contributed by atoms with van der Waals surface area (Å²) < 4.78 is 44.5. The van der Waals surface area contributed by atoms with E-state index in [-0.39, 0.29) is 25.2 Å². The third-order valence-corrected chi connectivity index (χ3v) is 15.7. The van der Waals surface area contributed by atoms with Crippen LogP contribution in [0.4, 0.5) is 0 Å². The lowest BCUT2D eigenvalue weighted by molar-refractivity contribution is -0.208. The lowest BCUT2D eigenvalue weighted by Gasteiger charge is -2.22. The van der Waals surface area contributed by atoms with Crippen molar-refractivity contribution >= 4 is 0 Å². The Hall–Kier alpha value is -0.800. The van der Waals surface area contributed by atoms with Gasteiger partial charge in [-0.25, -0.2) is 0 Å². The Balaban J connectivity index is 4.78. The summed E-state index contributed by atoms with van der Waals surface area (Å²) in [7, 11) is 0. The van der Waals surface area contributed by atoms with Gasteiger partial charge in [-0.3, -0.25) is 0 Å². The molecule has 0 rings (SSSR count). The van der Waals surface area contributed by atoms with Crippen LogP contribution in [0.1, 0.15) is 375 Å². The molecule has 0 aromatic rings. The van der Waals surface area contributed by atoms with E-state index in [0.717, 1.165) is 78.2 Å². The lowest BCUT2D eigenvalue weighted by Crippen LogP contribution is -2.25. The monoisotopic (exact) mass is 1120 g/mol. The highest BCUT2D eigenvalue weighted by molar-refractivity contribution is 4.90. The number of hydrogen-bond donors (Lipinski definition) is 0. The summed E-state index contributed by atoms with van der Waals surface area (Å²) in [4.78, 5) is 0. The van der Waals surface area contributed by atoms with Gasteiger partial charge < -0.3 is 33.2 Å². The molecule has 0 aliphatic heterocycles. The van der Waals surface area contributed by atoms with Gasteiger partial charge in [0.05, 0.1) is 13.2 Å². The second-order valence-corrected chi connectivity index (χ2v) is 23.8. The Kier molecular flexibility index (Phi) is 69.0.